The van der Waals surface area contributed by atoms with Crippen LogP contribution in [0.1, 0.15) is 28.7 Å². The molecule has 2 aromatic heterocycles. The highest BCUT2D eigenvalue weighted by atomic mass is 16.5. The van der Waals surface area contributed by atoms with E-state index in [2.05, 4.69) is 20.4 Å². The highest BCUT2D eigenvalue weighted by molar-refractivity contribution is 6.00. The van der Waals surface area contributed by atoms with Crippen LogP contribution in [0.15, 0.2) is 48.5 Å². The average Bonchev–Trinajstić information content (AvgIpc) is 3.40. The molecule has 0 spiro atoms. The van der Waals surface area contributed by atoms with E-state index in [1.54, 1.807) is 35.5 Å². The number of ether oxygens (including phenoxy) is 1. The number of carboxylic acids is 1. The molecular formula is C24H22N6O3. The maximum atomic E-state index is 12.0. The van der Waals surface area contributed by atoms with Crippen molar-refractivity contribution in [2.45, 2.75) is 19.9 Å². The van der Waals surface area contributed by atoms with Crippen LogP contribution in [0.25, 0.3) is 27.4 Å². The Kier molecular flexibility index (Phi) is 5.91. The molecule has 0 atom stereocenters. The third-order valence-corrected chi connectivity index (χ3v) is 5.59. The lowest BCUT2D eigenvalue weighted by molar-refractivity contribution is 0.0687. The number of nitrogens with zero attached hydrogens (tertiary/aromatic N) is 6. The van der Waals surface area contributed by atoms with E-state index in [4.69, 9.17) is 11.3 Å². The van der Waals surface area contributed by atoms with Gasteiger partial charge in [0, 0.05) is 23.9 Å². The summed E-state index contributed by atoms with van der Waals surface area (Å²) >= 11 is 0. The maximum Gasteiger partial charge on any atom is 0.351 e. The molecule has 4 rings (SSSR count). The minimum Gasteiger partial charge on any atom is -0.497 e. The van der Waals surface area contributed by atoms with Crippen LogP contribution < -0.4 is 4.74 Å². The molecule has 0 aliphatic heterocycles. The molecule has 0 saturated carbocycles. The second kappa shape index (κ2) is 8.96. The molecule has 0 aliphatic carbocycles. The molecule has 2 heterocycles. The van der Waals surface area contributed by atoms with Crippen LogP contribution >= 0.6 is 0 Å². The van der Waals surface area contributed by atoms with Crippen LogP contribution in [0.4, 0.5) is 5.69 Å². The van der Waals surface area contributed by atoms with Gasteiger partial charge < -0.3 is 14.4 Å². The number of aromatic carboxylic acids is 1. The van der Waals surface area contributed by atoms with Gasteiger partial charge in [-0.05, 0) is 40.1 Å². The standard InChI is InChI=1S/C24H22N6O3/c1-5-19-21(25-2)20(22(24(31)32)29(19)3)16-8-10-17(11-9-16)23-26-27-28-30(23)14-15-6-12-18(33-4)13-7-15/h6-13H,5,14H2,1,3-4H3,(H,31,32). The third-order valence-electron chi connectivity index (χ3n) is 5.59. The van der Waals surface area contributed by atoms with Crippen molar-refractivity contribution in [3.8, 4) is 28.3 Å². The van der Waals surface area contributed by atoms with Gasteiger partial charge in [0.2, 0.25) is 5.69 Å². The van der Waals surface area contributed by atoms with Crippen molar-refractivity contribution in [3.05, 3.63) is 76.9 Å². The second-order valence-corrected chi connectivity index (χ2v) is 7.43. The zero-order chi connectivity index (χ0) is 23.5. The Hall–Kier alpha value is -4.45. The Labute approximate surface area is 190 Å². The monoisotopic (exact) mass is 442 g/mol. The molecule has 0 unspecified atom stereocenters. The SMILES string of the molecule is [C-]#[N+]c1c(-c2ccc(-c3nnnn3Cc3ccc(OC)cc3)cc2)c(C(=O)O)n(C)c1CC. The van der Waals surface area contributed by atoms with E-state index < -0.39 is 5.97 Å². The number of hydrogen-bond acceptors (Lipinski definition) is 5. The molecule has 33 heavy (non-hydrogen) atoms. The van der Waals surface area contributed by atoms with Gasteiger partial charge in [0.15, 0.2) is 5.82 Å². The summed E-state index contributed by atoms with van der Waals surface area (Å²) in [7, 11) is 3.30. The highest BCUT2D eigenvalue weighted by Gasteiger charge is 2.25. The van der Waals surface area contributed by atoms with Gasteiger partial charge in [0.1, 0.15) is 11.4 Å². The number of hydrogen-bond donors (Lipinski definition) is 1. The first-order valence-corrected chi connectivity index (χ1v) is 10.3. The predicted molar refractivity (Wildman–Crippen MR) is 122 cm³/mol. The fraction of sp³-hybridized carbons (Fsp3) is 0.208. The van der Waals surface area contributed by atoms with Crippen LogP contribution in [-0.4, -0.2) is 43.0 Å². The smallest absolute Gasteiger partial charge is 0.351 e. The Morgan fingerprint density at radius 1 is 1.12 bits per heavy atom. The zero-order valence-electron chi connectivity index (χ0n) is 18.5. The fourth-order valence-corrected chi connectivity index (χ4v) is 3.97. The van der Waals surface area contributed by atoms with Gasteiger partial charge in [-0.1, -0.05) is 43.3 Å². The van der Waals surface area contributed by atoms with Crippen molar-refractivity contribution >= 4 is 11.7 Å². The molecule has 4 aromatic rings. The van der Waals surface area contributed by atoms with Crippen LogP contribution in [0.5, 0.6) is 5.75 Å². The summed E-state index contributed by atoms with van der Waals surface area (Å²) in [5.74, 6) is 0.297. The Balaban J connectivity index is 1.69. The van der Waals surface area contributed by atoms with Gasteiger partial charge in [-0.3, -0.25) is 0 Å². The van der Waals surface area contributed by atoms with Crippen molar-refractivity contribution < 1.29 is 14.6 Å². The topological polar surface area (TPSA) is 99.4 Å². The van der Waals surface area contributed by atoms with E-state index in [0.717, 1.165) is 16.9 Å². The molecule has 0 saturated heterocycles. The van der Waals surface area contributed by atoms with E-state index >= 15 is 0 Å². The number of benzene rings is 2. The Bertz CT molecular complexity index is 1340. The first-order chi connectivity index (χ1) is 16.0. The largest absolute Gasteiger partial charge is 0.497 e. The lowest BCUT2D eigenvalue weighted by Gasteiger charge is -2.08. The molecule has 0 fully saturated rings. The summed E-state index contributed by atoms with van der Waals surface area (Å²) in [6.45, 7) is 10.0. The van der Waals surface area contributed by atoms with E-state index in [9.17, 15) is 9.90 Å². The zero-order valence-corrected chi connectivity index (χ0v) is 18.5. The number of rotatable bonds is 7. The third kappa shape index (κ3) is 3.94. The van der Waals surface area contributed by atoms with Gasteiger partial charge in [-0.25, -0.2) is 14.3 Å². The first-order valence-electron chi connectivity index (χ1n) is 10.3. The maximum absolute atomic E-state index is 12.0. The highest BCUT2D eigenvalue weighted by Crippen LogP contribution is 2.39. The molecule has 9 heteroatoms. The van der Waals surface area contributed by atoms with E-state index in [0.29, 0.717) is 41.3 Å². The summed E-state index contributed by atoms with van der Waals surface area (Å²) in [4.78, 5) is 15.6. The number of aromatic nitrogens is 5. The van der Waals surface area contributed by atoms with Crippen molar-refractivity contribution in [1.82, 2.24) is 24.8 Å². The molecule has 1 N–H and O–H groups in total. The lowest BCUT2D eigenvalue weighted by atomic mass is 10.0. The van der Waals surface area contributed by atoms with E-state index in [1.165, 1.54) is 0 Å². The summed E-state index contributed by atoms with van der Waals surface area (Å²) < 4.78 is 8.48. The van der Waals surface area contributed by atoms with Gasteiger partial charge in [-0.2, -0.15) is 0 Å². The first kappa shape index (κ1) is 21.8. The van der Waals surface area contributed by atoms with E-state index in [1.807, 2.05) is 43.3 Å². The van der Waals surface area contributed by atoms with Crippen LogP contribution in [0.2, 0.25) is 0 Å². The number of methoxy groups -OCH3 is 1. The van der Waals surface area contributed by atoms with Gasteiger partial charge in [0.25, 0.3) is 0 Å². The van der Waals surface area contributed by atoms with Crippen molar-refractivity contribution in [2.24, 2.45) is 7.05 Å². The van der Waals surface area contributed by atoms with Crippen LogP contribution in [0, 0.1) is 6.57 Å². The predicted octanol–water partition coefficient (Wildman–Crippen LogP) is 4.21. The summed E-state index contributed by atoms with van der Waals surface area (Å²) in [5.41, 5.74) is 4.07. The molecular weight excluding hydrogens is 420 g/mol. The number of tetrazole rings is 1. The second-order valence-electron chi connectivity index (χ2n) is 7.43. The van der Waals surface area contributed by atoms with Crippen molar-refractivity contribution in [2.75, 3.05) is 7.11 Å². The Morgan fingerprint density at radius 3 is 2.36 bits per heavy atom. The molecule has 0 aliphatic rings. The van der Waals surface area contributed by atoms with Gasteiger partial charge in [0.05, 0.1) is 20.2 Å². The number of carbonyl (C=O) groups is 1. The van der Waals surface area contributed by atoms with Gasteiger partial charge >= 0.3 is 5.97 Å². The van der Waals surface area contributed by atoms with Crippen molar-refractivity contribution in [1.29, 1.82) is 0 Å². The van der Waals surface area contributed by atoms with Crippen LogP contribution in [0.3, 0.4) is 0 Å². The molecule has 0 bridgehead atoms. The molecule has 2 aromatic carbocycles. The normalized spacial score (nSPS) is 10.7. The minimum absolute atomic E-state index is 0.106. The van der Waals surface area contributed by atoms with Gasteiger partial charge in [-0.15, -0.1) is 5.10 Å². The molecule has 166 valence electrons. The summed E-state index contributed by atoms with van der Waals surface area (Å²) in [6.07, 6.45) is 0.562. The lowest BCUT2D eigenvalue weighted by Crippen LogP contribution is -2.07. The summed E-state index contributed by atoms with van der Waals surface area (Å²) in [6, 6.07) is 14.9. The Morgan fingerprint density at radius 2 is 1.79 bits per heavy atom. The molecule has 0 amide bonds. The van der Waals surface area contributed by atoms with E-state index in [-0.39, 0.29) is 5.69 Å². The minimum atomic E-state index is -1.07. The molecule has 9 nitrogen and oxygen atoms in total. The molecule has 0 radical (unpaired) electrons. The summed E-state index contributed by atoms with van der Waals surface area (Å²) in [5, 5.41) is 21.9. The van der Waals surface area contributed by atoms with Crippen LogP contribution in [-0.2, 0) is 20.0 Å². The van der Waals surface area contributed by atoms with Crippen molar-refractivity contribution in [3.63, 3.8) is 0 Å². The number of carboxylic acid groups (broad SMARTS) is 1. The fourth-order valence-electron chi connectivity index (χ4n) is 3.97. The average molecular weight is 442 g/mol. The quantitative estimate of drug-likeness (QED) is 0.431.